The molecule has 0 spiro atoms. The van der Waals surface area contributed by atoms with Gasteiger partial charge >= 0.3 is 0 Å². The summed E-state index contributed by atoms with van der Waals surface area (Å²) in [5.74, 6) is 3.08. The van der Waals surface area contributed by atoms with Crippen molar-refractivity contribution < 1.29 is 9.53 Å². The Balaban J connectivity index is 1.48. The summed E-state index contributed by atoms with van der Waals surface area (Å²) in [6, 6.07) is 7.55. The third-order valence-corrected chi connectivity index (χ3v) is 4.98. The number of carbonyl (C=O) groups excluding carboxylic acids is 1. The molecule has 0 aliphatic carbocycles. The molecule has 7 nitrogen and oxygen atoms in total. The second-order valence-corrected chi connectivity index (χ2v) is 6.90. The molecule has 140 valence electrons. The first kappa shape index (κ1) is 18.4. The number of methoxy groups -OCH3 is 1. The average molecular weight is 357 g/mol. The maximum absolute atomic E-state index is 12.2. The Morgan fingerprint density at radius 3 is 2.88 bits per heavy atom. The van der Waals surface area contributed by atoms with E-state index in [0.717, 1.165) is 24.4 Å². The number of nitrogens with one attached hydrogen (secondary N) is 3. The van der Waals surface area contributed by atoms with Crippen molar-refractivity contribution in [1.82, 2.24) is 25.8 Å². The molecular formula is C19H27N5O2. The van der Waals surface area contributed by atoms with Crippen LogP contribution in [0.4, 0.5) is 0 Å². The quantitative estimate of drug-likeness (QED) is 0.706. The van der Waals surface area contributed by atoms with E-state index in [0.29, 0.717) is 36.5 Å². The van der Waals surface area contributed by atoms with Gasteiger partial charge in [-0.2, -0.15) is 5.10 Å². The van der Waals surface area contributed by atoms with Gasteiger partial charge in [0.05, 0.1) is 13.7 Å². The summed E-state index contributed by atoms with van der Waals surface area (Å²) < 4.78 is 5.15. The van der Waals surface area contributed by atoms with Crippen LogP contribution >= 0.6 is 0 Å². The molecule has 3 N–H and O–H groups in total. The largest absolute Gasteiger partial charge is 0.497 e. The van der Waals surface area contributed by atoms with E-state index in [1.807, 2.05) is 24.3 Å². The molecule has 1 aromatic carbocycles. The van der Waals surface area contributed by atoms with Gasteiger partial charge in [-0.25, -0.2) is 4.98 Å². The Labute approximate surface area is 153 Å². The van der Waals surface area contributed by atoms with E-state index in [2.05, 4.69) is 32.7 Å². The molecule has 7 heteroatoms. The second-order valence-electron chi connectivity index (χ2n) is 6.90. The molecule has 2 heterocycles. The van der Waals surface area contributed by atoms with Crippen molar-refractivity contribution in [3.05, 3.63) is 30.1 Å². The monoisotopic (exact) mass is 357 g/mol. The summed E-state index contributed by atoms with van der Waals surface area (Å²) in [5, 5.41) is 13.5. The van der Waals surface area contributed by atoms with Crippen LogP contribution in [0.1, 0.15) is 32.0 Å². The lowest BCUT2D eigenvalue weighted by atomic mass is 9.85. The van der Waals surface area contributed by atoms with Crippen LogP contribution in [-0.2, 0) is 11.3 Å². The zero-order valence-corrected chi connectivity index (χ0v) is 15.4. The third kappa shape index (κ3) is 4.82. The minimum atomic E-state index is 0.0606. The minimum Gasteiger partial charge on any atom is -0.497 e. The van der Waals surface area contributed by atoms with Gasteiger partial charge in [-0.05, 0) is 62.0 Å². The molecule has 1 amide bonds. The predicted octanol–water partition coefficient (Wildman–Crippen LogP) is 2.12. The molecule has 2 aromatic rings. The SMILES string of the molecule is COc1ccc(-c2n[nH]c(CNC(=O)CC(C)C3CCCNC3)n2)cc1. The zero-order valence-electron chi connectivity index (χ0n) is 15.4. The molecule has 0 bridgehead atoms. The number of ether oxygens (including phenoxy) is 1. The van der Waals surface area contributed by atoms with Crippen molar-refractivity contribution in [3.63, 3.8) is 0 Å². The normalized spacial score (nSPS) is 18.3. The van der Waals surface area contributed by atoms with Crippen molar-refractivity contribution in [3.8, 4) is 17.1 Å². The lowest BCUT2D eigenvalue weighted by Gasteiger charge is -2.27. The lowest BCUT2D eigenvalue weighted by Crippen LogP contribution is -2.35. The fourth-order valence-corrected chi connectivity index (χ4v) is 3.32. The number of H-pyrrole nitrogens is 1. The number of hydrogen-bond acceptors (Lipinski definition) is 5. The molecular weight excluding hydrogens is 330 g/mol. The fourth-order valence-electron chi connectivity index (χ4n) is 3.32. The van der Waals surface area contributed by atoms with Crippen LogP contribution in [0.5, 0.6) is 5.75 Å². The van der Waals surface area contributed by atoms with E-state index >= 15 is 0 Å². The molecule has 1 saturated heterocycles. The number of aromatic amines is 1. The van der Waals surface area contributed by atoms with Gasteiger partial charge in [0.1, 0.15) is 11.6 Å². The van der Waals surface area contributed by atoms with E-state index in [9.17, 15) is 4.79 Å². The van der Waals surface area contributed by atoms with Crippen molar-refractivity contribution in [2.24, 2.45) is 11.8 Å². The number of nitrogens with zero attached hydrogens (tertiary/aromatic N) is 2. The number of benzene rings is 1. The van der Waals surface area contributed by atoms with Crippen LogP contribution in [0, 0.1) is 11.8 Å². The van der Waals surface area contributed by atoms with Crippen LogP contribution in [0.25, 0.3) is 11.4 Å². The number of hydrogen-bond donors (Lipinski definition) is 3. The Bertz CT molecular complexity index is 707. The van der Waals surface area contributed by atoms with Crippen LogP contribution in [-0.4, -0.2) is 41.3 Å². The maximum atomic E-state index is 12.2. The highest BCUT2D eigenvalue weighted by atomic mass is 16.5. The summed E-state index contributed by atoms with van der Waals surface area (Å²) in [6.07, 6.45) is 2.95. The Morgan fingerprint density at radius 2 is 2.19 bits per heavy atom. The number of piperidine rings is 1. The van der Waals surface area contributed by atoms with Gasteiger partial charge in [-0.1, -0.05) is 6.92 Å². The van der Waals surface area contributed by atoms with E-state index in [1.54, 1.807) is 7.11 Å². The summed E-state index contributed by atoms with van der Waals surface area (Å²) in [7, 11) is 1.63. The van der Waals surface area contributed by atoms with Crippen molar-refractivity contribution in [2.75, 3.05) is 20.2 Å². The highest BCUT2D eigenvalue weighted by Crippen LogP contribution is 2.22. The first-order chi connectivity index (χ1) is 12.7. The zero-order chi connectivity index (χ0) is 18.4. The molecule has 1 fully saturated rings. The van der Waals surface area contributed by atoms with Gasteiger partial charge in [-0.15, -0.1) is 0 Å². The molecule has 3 rings (SSSR count). The summed E-state index contributed by atoms with van der Waals surface area (Å²) in [5.41, 5.74) is 0.901. The summed E-state index contributed by atoms with van der Waals surface area (Å²) in [4.78, 5) is 16.7. The lowest BCUT2D eigenvalue weighted by molar-refractivity contribution is -0.122. The number of aromatic nitrogens is 3. The molecule has 0 saturated carbocycles. The van der Waals surface area contributed by atoms with Gasteiger partial charge in [0.2, 0.25) is 5.91 Å². The number of amides is 1. The Morgan fingerprint density at radius 1 is 1.38 bits per heavy atom. The van der Waals surface area contributed by atoms with Crippen molar-refractivity contribution >= 4 is 5.91 Å². The van der Waals surface area contributed by atoms with Crippen LogP contribution < -0.4 is 15.4 Å². The first-order valence-electron chi connectivity index (χ1n) is 9.19. The minimum absolute atomic E-state index is 0.0606. The molecule has 2 atom stereocenters. The number of carbonyl (C=O) groups is 1. The van der Waals surface area contributed by atoms with Gasteiger partial charge in [0.15, 0.2) is 5.82 Å². The predicted molar refractivity (Wildman–Crippen MR) is 99.6 cm³/mol. The van der Waals surface area contributed by atoms with Gasteiger partial charge in [0, 0.05) is 12.0 Å². The van der Waals surface area contributed by atoms with E-state index in [1.165, 1.54) is 12.8 Å². The Kier molecular flexibility index (Phi) is 6.22. The molecule has 0 radical (unpaired) electrons. The molecule has 2 unspecified atom stereocenters. The molecule has 1 aliphatic rings. The molecule has 26 heavy (non-hydrogen) atoms. The van der Waals surface area contributed by atoms with Gasteiger partial charge in [0.25, 0.3) is 0 Å². The Hall–Kier alpha value is -2.41. The smallest absolute Gasteiger partial charge is 0.220 e. The fraction of sp³-hybridized carbons (Fsp3) is 0.526. The topological polar surface area (TPSA) is 91.9 Å². The van der Waals surface area contributed by atoms with Crippen LogP contribution in [0.15, 0.2) is 24.3 Å². The highest BCUT2D eigenvalue weighted by molar-refractivity contribution is 5.76. The summed E-state index contributed by atoms with van der Waals surface area (Å²) >= 11 is 0. The van der Waals surface area contributed by atoms with Gasteiger partial charge in [-0.3, -0.25) is 9.89 Å². The third-order valence-electron chi connectivity index (χ3n) is 4.98. The van der Waals surface area contributed by atoms with Crippen LogP contribution in [0.2, 0.25) is 0 Å². The second kappa shape index (κ2) is 8.80. The summed E-state index contributed by atoms with van der Waals surface area (Å²) in [6.45, 7) is 4.63. The first-order valence-corrected chi connectivity index (χ1v) is 9.19. The van der Waals surface area contributed by atoms with Gasteiger partial charge < -0.3 is 15.4 Å². The van der Waals surface area contributed by atoms with Crippen LogP contribution in [0.3, 0.4) is 0 Å². The van der Waals surface area contributed by atoms with E-state index in [-0.39, 0.29) is 5.91 Å². The van der Waals surface area contributed by atoms with Crippen molar-refractivity contribution in [1.29, 1.82) is 0 Å². The number of rotatable bonds is 7. The van der Waals surface area contributed by atoms with E-state index < -0.39 is 0 Å². The standard InChI is InChI=1S/C19H27N5O2/c1-13(15-4-3-9-20-11-15)10-18(25)21-12-17-22-19(24-23-17)14-5-7-16(26-2)8-6-14/h5-8,13,15,20H,3-4,9-12H2,1-2H3,(H,21,25)(H,22,23,24). The average Bonchev–Trinajstić information content (AvgIpc) is 3.16. The maximum Gasteiger partial charge on any atom is 0.220 e. The van der Waals surface area contributed by atoms with E-state index in [4.69, 9.17) is 4.74 Å². The molecule has 1 aromatic heterocycles. The molecule has 1 aliphatic heterocycles. The highest BCUT2D eigenvalue weighted by Gasteiger charge is 2.22. The van der Waals surface area contributed by atoms with Crippen molar-refractivity contribution in [2.45, 2.75) is 32.7 Å².